The van der Waals surface area contributed by atoms with Crippen LogP contribution in [0.25, 0.3) is 6.08 Å². The Hall–Kier alpha value is -4.11. The predicted molar refractivity (Wildman–Crippen MR) is 125 cm³/mol. The van der Waals surface area contributed by atoms with Crippen molar-refractivity contribution in [1.82, 2.24) is 0 Å². The molecule has 0 fully saturated rings. The molecule has 2 aliphatic rings. The molecule has 9 heteroatoms. The number of carbonyl (C=O) groups excluding carboxylic acids is 2. The molecule has 3 aromatic carbocycles. The third-order valence-corrected chi connectivity index (χ3v) is 5.51. The van der Waals surface area contributed by atoms with Crippen LogP contribution in [0, 0.1) is 0 Å². The zero-order chi connectivity index (χ0) is 23.7. The zero-order valence-electron chi connectivity index (χ0n) is 17.7. The highest BCUT2D eigenvalue weighted by atomic mass is 79.9. The van der Waals surface area contributed by atoms with Gasteiger partial charge in [-0.3, -0.25) is 0 Å². The third-order valence-electron chi connectivity index (χ3n) is 5.01. The van der Waals surface area contributed by atoms with Crippen LogP contribution in [-0.4, -0.2) is 31.7 Å². The number of aliphatic imine (C=N–C) groups is 1. The molecule has 0 aromatic heterocycles. The second kappa shape index (κ2) is 9.03. The largest absolute Gasteiger partial charge is 0.497 e. The number of hydrogen-bond donors (Lipinski definition) is 0. The zero-order valence-corrected chi connectivity index (χ0v) is 19.3. The number of ether oxygens (including phenoxy) is 5. The Balaban J connectivity index is 1.44. The lowest BCUT2D eigenvalue weighted by molar-refractivity contribution is -0.129. The Kier molecular flexibility index (Phi) is 5.77. The maximum absolute atomic E-state index is 12.8. The average molecular weight is 522 g/mol. The van der Waals surface area contributed by atoms with Crippen molar-refractivity contribution in [3.05, 3.63) is 87.5 Å². The molecule has 5 rings (SSSR count). The predicted octanol–water partition coefficient (Wildman–Crippen LogP) is 4.75. The summed E-state index contributed by atoms with van der Waals surface area (Å²) in [5.74, 6) is 0.843. The van der Waals surface area contributed by atoms with E-state index in [1.165, 1.54) is 6.08 Å². The smallest absolute Gasteiger partial charge is 0.363 e. The van der Waals surface area contributed by atoms with E-state index >= 15 is 0 Å². The molecular formula is C25H16BrNO7. The van der Waals surface area contributed by atoms with E-state index in [1.807, 2.05) is 0 Å². The van der Waals surface area contributed by atoms with Gasteiger partial charge in [0.2, 0.25) is 12.7 Å². The summed E-state index contributed by atoms with van der Waals surface area (Å²) < 4.78 is 27.5. The first-order chi connectivity index (χ1) is 16.5. The molecule has 0 radical (unpaired) electrons. The molecule has 0 saturated carbocycles. The fraction of sp³-hybridized carbons (Fsp3) is 0.0800. The number of cyclic esters (lactones) is 1. The second-order valence-electron chi connectivity index (χ2n) is 7.21. The van der Waals surface area contributed by atoms with Crippen LogP contribution in [0.1, 0.15) is 21.5 Å². The van der Waals surface area contributed by atoms with Crippen molar-refractivity contribution in [2.24, 2.45) is 4.99 Å². The molecule has 2 heterocycles. The first-order valence-electron chi connectivity index (χ1n) is 10.1. The van der Waals surface area contributed by atoms with Gasteiger partial charge in [0.05, 0.1) is 12.7 Å². The van der Waals surface area contributed by atoms with Gasteiger partial charge in [-0.1, -0.05) is 22.0 Å². The topological polar surface area (TPSA) is 92.7 Å². The molecule has 34 heavy (non-hydrogen) atoms. The van der Waals surface area contributed by atoms with Gasteiger partial charge in [0.25, 0.3) is 0 Å². The van der Waals surface area contributed by atoms with E-state index in [4.69, 9.17) is 23.7 Å². The van der Waals surface area contributed by atoms with Crippen molar-refractivity contribution < 1.29 is 33.3 Å². The molecule has 0 aliphatic carbocycles. The highest BCUT2D eigenvalue weighted by Crippen LogP contribution is 2.33. The summed E-state index contributed by atoms with van der Waals surface area (Å²) in [6.07, 6.45) is 1.50. The Bertz CT molecular complexity index is 1380. The normalized spacial score (nSPS) is 15.2. The number of esters is 2. The lowest BCUT2D eigenvalue weighted by Crippen LogP contribution is -2.09. The van der Waals surface area contributed by atoms with Crippen LogP contribution >= 0.6 is 15.9 Å². The Labute approximate surface area is 202 Å². The number of hydrogen-bond acceptors (Lipinski definition) is 8. The second-order valence-corrected chi connectivity index (χ2v) is 8.12. The van der Waals surface area contributed by atoms with Gasteiger partial charge in [-0.15, -0.1) is 0 Å². The van der Waals surface area contributed by atoms with Crippen molar-refractivity contribution in [2.45, 2.75) is 0 Å². The minimum atomic E-state index is -0.620. The van der Waals surface area contributed by atoms with Crippen molar-refractivity contribution in [3.63, 3.8) is 0 Å². The first kappa shape index (κ1) is 21.7. The standard InChI is InChI=1S/C25H16BrNO7/c1-30-18-4-2-3-14(10-18)23-27-19(25(29)34-23)11-16-9-17(26)6-8-20(16)33-24(28)15-5-7-21-22(12-15)32-13-31-21/h2-12H,13H2,1H3/b19-11-. The number of rotatable bonds is 5. The molecule has 0 spiro atoms. The number of carbonyl (C=O) groups is 2. The summed E-state index contributed by atoms with van der Waals surface area (Å²) in [6, 6.07) is 16.9. The fourth-order valence-electron chi connectivity index (χ4n) is 3.34. The summed E-state index contributed by atoms with van der Waals surface area (Å²) in [7, 11) is 1.55. The van der Waals surface area contributed by atoms with Crippen LogP contribution in [-0.2, 0) is 9.53 Å². The fourth-order valence-corrected chi connectivity index (χ4v) is 3.72. The van der Waals surface area contributed by atoms with Gasteiger partial charge in [-0.25, -0.2) is 14.6 Å². The van der Waals surface area contributed by atoms with Crippen molar-refractivity contribution in [1.29, 1.82) is 0 Å². The SMILES string of the molecule is COc1cccc(C2=N/C(=C\c3cc(Br)ccc3OC(=O)c3ccc4c(c3)OCO4)C(=O)O2)c1. The Morgan fingerprint density at radius 1 is 1.06 bits per heavy atom. The van der Waals surface area contributed by atoms with Gasteiger partial charge in [0.1, 0.15) is 11.5 Å². The minimum Gasteiger partial charge on any atom is -0.497 e. The van der Waals surface area contributed by atoms with Gasteiger partial charge in [-0.2, -0.15) is 0 Å². The molecule has 0 unspecified atom stereocenters. The lowest BCUT2D eigenvalue weighted by atomic mass is 10.1. The summed E-state index contributed by atoms with van der Waals surface area (Å²) in [4.78, 5) is 29.6. The molecule has 170 valence electrons. The van der Waals surface area contributed by atoms with Crippen LogP contribution in [0.15, 0.2) is 75.8 Å². The van der Waals surface area contributed by atoms with E-state index in [2.05, 4.69) is 20.9 Å². The molecule has 8 nitrogen and oxygen atoms in total. The molecule has 0 saturated heterocycles. The van der Waals surface area contributed by atoms with Gasteiger partial charge < -0.3 is 23.7 Å². The number of benzene rings is 3. The Morgan fingerprint density at radius 3 is 2.76 bits per heavy atom. The van der Waals surface area contributed by atoms with Crippen LogP contribution in [0.2, 0.25) is 0 Å². The molecule has 0 bridgehead atoms. The van der Waals surface area contributed by atoms with Gasteiger partial charge in [-0.05, 0) is 60.7 Å². The van der Waals surface area contributed by atoms with Gasteiger partial charge >= 0.3 is 11.9 Å². The van der Waals surface area contributed by atoms with Crippen LogP contribution in [0.5, 0.6) is 23.0 Å². The van der Waals surface area contributed by atoms with E-state index in [9.17, 15) is 9.59 Å². The Morgan fingerprint density at radius 2 is 1.91 bits per heavy atom. The van der Waals surface area contributed by atoms with E-state index in [-0.39, 0.29) is 24.1 Å². The highest BCUT2D eigenvalue weighted by molar-refractivity contribution is 9.10. The monoisotopic (exact) mass is 521 g/mol. The quantitative estimate of drug-likeness (QED) is 0.271. The van der Waals surface area contributed by atoms with Crippen LogP contribution in [0.3, 0.4) is 0 Å². The van der Waals surface area contributed by atoms with E-state index in [1.54, 1.807) is 67.8 Å². The first-order valence-corrected chi connectivity index (χ1v) is 10.9. The summed E-state index contributed by atoms with van der Waals surface area (Å²) >= 11 is 3.40. The minimum absolute atomic E-state index is 0.0660. The summed E-state index contributed by atoms with van der Waals surface area (Å²) in [5.41, 5.74) is 1.42. The maximum atomic E-state index is 12.8. The van der Waals surface area contributed by atoms with Crippen LogP contribution < -0.4 is 18.9 Å². The average Bonchev–Trinajstić information content (AvgIpc) is 3.46. The molecule has 3 aromatic rings. The molecule has 0 N–H and O–H groups in total. The van der Waals surface area contributed by atoms with Crippen molar-refractivity contribution >= 4 is 39.8 Å². The summed E-state index contributed by atoms with van der Waals surface area (Å²) in [5, 5.41) is 0. The van der Waals surface area contributed by atoms with E-state index in [0.717, 1.165) is 4.47 Å². The number of nitrogens with zero attached hydrogens (tertiary/aromatic N) is 1. The summed E-state index contributed by atoms with van der Waals surface area (Å²) in [6.45, 7) is 0.104. The van der Waals surface area contributed by atoms with E-state index < -0.39 is 11.9 Å². The maximum Gasteiger partial charge on any atom is 0.363 e. The third kappa shape index (κ3) is 4.38. The lowest BCUT2D eigenvalue weighted by Gasteiger charge is -2.09. The number of methoxy groups -OCH3 is 1. The van der Waals surface area contributed by atoms with Crippen molar-refractivity contribution in [2.75, 3.05) is 13.9 Å². The number of halogens is 1. The molecule has 2 aliphatic heterocycles. The van der Waals surface area contributed by atoms with Crippen LogP contribution in [0.4, 0.5) is 0 Å². The van der Waals surface area contributed by atoms with Gasteiger partial charge in [0, 0.05) is 15.6 Å². The van der Waals surface area contributed by atoms with E-state index in [0.29, 0.717) is 33.9 Å². The van der Waals surface area contributed by atoms with Gasteiger partial charge in [0.15, 0.2) is 17.2 Å². The molecular weight excluding hydrogens is 506 g/mol. The highest BCUT2D eigenvalue weighted by Gasteiger charge is 2.25. The number of fused-ring (bicyclic) bond motifs is 1. The molecule has 0 amide bonds. The van der Waals surface area contributed by atoms with Crippen molar-refractivity contribution in [3.8, 4) is 23.0 Å². The molecule has 0 atom stereocenters.